The summed E-state index contributed by atoms with van der Waals surface area (Å²) in [6, 6.07) is 70.8. The Hall–Kier alpha value is -7.85. The second-order valence-corrected chi connectivity index (χ2v) is 35.7. The number of anilines is 6. The molecule has 0 saturated carbocycles. The number of fused-ring (bicyclic) bond motifs is 9. The molecule has 5 nitrogen and oxygen atoms in total. The zero-order valence-electron chi connectivity index (χ0n) is 47.3. The summed E-state index contributed by atoms with van der Waals surface area (Å²) < 4.78 is 7.45. The fourth-order valence-corrected chi connectivity index (χ4v) is 14.4. The van der Waals surface area contributed by atoms with Crippen molar-refractivity contribution in [1.82, 2.24) is 9.97 Å². The minimum Gasteiger partial charge on any atom is -0.455 e. The van der Waals surface area contributed by atoms with Crippen molar-refractivity contribution in [2.75, 3.05) is 9.80 Å². The summed E-state index contributed by atoms with van der Waals surface area (Å²) in [5.41, 5.74) is 17.3. The number of hydrogen-bond donors (Lipinski definition) is 0. The minimum atomic E-state index is -1.64. The Morgan fingerprint density at radius 2 is 0.897 bits per heavy atom. The first kappa shape index (κ1) is 50.9. The highest BCUT2D eigenvalue weighted by atomic mass is 28.3. The first-order valence-corrected chi connectivity index (χ1v) is 34.6. The third-order valence-corrected chi connectivity index (χ3v) is 20.4. The third-order valence-electron chi connectivity index (χ3n) is 16.3. The topological polar surface area (TPSA) is 45.4 Å². The molecule has 0 unspecified atom stereocenters. The maximum absolute atomic E-state index is 7.45. The molecule has 0 fully saturated rings. The molecular formula is C71H70N4OSi2. The molecule has 1 aliphatic carbocycles. The van der Waals surface area contributed by atoms with Crippen LogP contribution in [0.15, 0.2) is 211 Å². The van der Waals surface area contributed by atoms with Gasteiger partial charge >= 0.3 is 0 Å². The van der Waals surface area contributed by atoms with Crippen LogP contribution >= 0.6 is 0 Å². The van der Waals surface area contributed by atoms with Crippen LogP contribution in [0, 0.1) is 0 Å². The highest BCUT2D eigenvalue weighted by Gasteiger charge is 2.50. The number of rotatable bonds is 10. The Balaban J connectivity index is 1.24. The number of pyridine rings is 2. The van der Waals surface area contributed by atoms with E-state index in [1.807, 2.05) is 24.7 Å². The first-order chi connectivity index (χ1) is 37.2. The molecular weight excluding hydrogens is 981 g/mol. The van der Waals surface area contributed by atoms with E-state index >= 15 is 0 Å². The van der Waals surface area contributed by atoms with E-state index in [0.717, 1.165) is 100 Å². The van der Waals surface area contributed by atoms with Gasteiger partial charge in [0, 0.05) is 63.2 Å². The molecule has 0 bridgehead atoms. The van der Waals surface area contributed by atoms with Crippen molar-refractivity contribution in [3.8, 4) is 11.1 Å². The van der Waals surface area contributed by atoms with E-state index in [9.17, 15) is 0 Å². The third kappa shape index (κ3) is 8.50. The Morgan fingerprint density at radius 3 is 1.37 bits per heavy atom. The monoisotopic (exact) mass is 1050 g/mol. The minimum absolute atomic E-state index is 0.0108. The summed E-state index contributed by atoms with van der Waals surface area (Å²) in [5, 5.41) is 5.84. The van der Waals surface area contributed by atoms with Gasteiger partial charge in [0.05, 0.1) is 43.8 Å². The predicted octanol–water partition coefficient (Wildman–Crippen LogP) is 18.5. The van der Waals surface area contributed by atoms with E-state index in [1.165, 1.54) is 21.5 Å². The standard InChI is InChI=1S/C71H70N4OSi2/c1-69(2,3)47-25-29-51(30-26-47)74(53-33-37-55(38-34-53)77(7,8)9)61-44-59-65(67-57(61)24-19-42-73-67)66-60(71(59,49-20-15-13-16-21-49)50-22-17-14-18-23-50)45-62(64-58-46-72-43-41-63(58)76-68(64)66)75(52-31-27-48(28-32-52)70(4,5)6)54-35-39-56(40-36-54)78(10,11)12/h13-46H,1-12H3. The van der Waals surface area contributed by atoms with Crippen molar-refractivity contribution >= 4 is 93.5 Å². The van der Waals surface area contributed by atoms with Crippen LogP contribution in [-0.2, 0) is 16.2 Å². The molecule has 8 aromatic carbocycles. The van der Waals surface area contributed by atoms with Gasteiger partial charge in [-0.3, -0.25) is 9.97 Å². The molecule has 11 aromatic rings. The number of hydrogen-bond acceptors (Lipinski definition) is 5. The van der Waals surface area contributed by atoms with Gasteiger partial charge in [-0.25, -0.2) is 0 Å². The maximum atomic E-state index is 7.45. The second kappa shape index (κ2) is 18.7. The molecule has 7 heteroatoms. The molecule has 78 heavy (non-hydrogen) atoms. The number of nitrogens with zero attached hydrogens (tertiary/aromatic N) is 4. The van der Waals surface area contributed by atoms with E-state index in [2.05, 4.69) is 273 Å². The van der Waals surface area contributed by atoms with Crippen molar-refractivity contribution in [3.63, 3.8) is 0 Å². The van der Waals surface area contributed by atoms with Gasteiger partial charge in [-0.05, 0) is 123 Å². The van der Waals surface area contributed by atoms with E-state index in [-0.39, 0.29) is 10.8 Å². The summed E-state index contributed by atoms with van der Waals surface area (Å²) in [6.07, 6.45) is 5.79. The Kier molecular flexibility index (Phi) is 12.2. The van der Waals surface area contributed by atoms with Gasteiger partial charge in [0.25, 0.3) is 0 Å². The number of benzene rings is 8. The SMILES string of the molecule is CC(C)(C)c1ccc(N(c2ccc([Si](C)(C)C)cc2)c2cc3c(c4ncccc24)-c2c(cc(N(c4ccc(C(C)(C)C)cc4)c4ccc([Si](C)(C)C)cc4)c4c2oc2ccncc24)C3(c2ccccc2)c2ccccc2)cc1. The van der Waals surface area contributed by atoms with Gasteiger partial charge in [-0.2, -0.15) is 0 Å². The lowest BCUT2D eigenvalue weighted by Gasteiger charge is -2.36. The van der Waals surface area contributed by atoms with E-state index in [4.69, 9.17) is 14.4 Å². The van der Waals surface area contributed by atoms with Crippen molar-refractivity contribution in [3.05, 3.63) is 240 Å². The van der Waals surface area contributed by atoms with E-state index < -0.39 is 21.6 Å². The molecule has 0 spiro atoms. The fraction of sp³-hybridized carbons (Fsp3) is 0.211. The molecule has 12 rings (SSSR count). The lowest BCUT2D eigenvalue weighted by Crippen LogP contribution is -2.37. The van der Waals surface area contributed by atoms with E-state index in [1.54, 1.807) is 0 Å². The van der Waals surface area contributed by atoms with Crippen LogP contribution < -0.4 is 20.2 Å². The molecule has 0 N–H and O–H groups in total. The van der Waals surface area contributed by atoms with Crippen LogP contribution in [0.1, 0.15) is 74.9 Å². The van der Waals surface area contributed by atoms with Crippen molar-refractivity contribution in [1.29, 1.82) is 0 Å². The Morgan fingerprint density at radius 1 is 0.449 bits per heavy atom. The number of aromatic nitrogens is 2. The zero-order chi connectivity index (χ0) is 54.5. The summed E-state index contributed by atoms with van der Waals surface area (Å²) in [4.78, 5) is 15.3. The Bertz CT molecular complexity index is 3870. The molecule has 3 aromatic heterocycles. The van der Waals surface area contributed by atoms with Gasteiger partial charge < -0.3 is 14.2 Å². The molecule has 388 valence electrons. The zero-order valence-corrected chi connectivity index (χ0v) is 49.3. The summed E-state index contributed by atoms with van der Waals surface area (Å²) in [5.74, 6) is 0. The quantitative estimate of drug-likeness (QED) is 0.128. The second-order valence-electron chi connectivity index (χ2n) is 25.6. The fourth-order valence-electron chi connectivity index (χ4n) is 12.1. The maximum Gasteiger partial charge on any atom is 0.145 e. The highest BCUT2D eigenvalue weighted by molar-refractivity contribution is 6.89. The molecule has 3 heterocycles. The first-order valence-electron chi connectivity index (χ1n) is 27.6. The molecule has 0 aliphatic heterocycles. The highest BCUT2D eigenvalue weighted by Crippen LogP contribution is 2.63. The largest absolute Gasteiger partial charge is 0.455 e. The van der Waals surface area contributed by atoms with Crippen LogP contribution in [0.4, 0.5) is 34.1 Å². The molecule has 0 atom stereocenters. The average molecular weight is 1050 g/mol. The van der Waals surface area contributed by atoms with E-state index in [0.29, 0.717) is 0 Å². The van der Waals surface area contributed by atoms with Gasteiger partial charge in [-0.1, -0.05) is 200 Å². The predicted molar refractivity (Wildman–Crippen MR) is 337 cm³/mol. The van der Waals surface area contributed by atoms with Crippen molar-refractivity contribution in [2.24, 2.45) is 0 Å². The normalized spacial score (nSPS) is 13.5. The summed E-state index contributed by atoms with van der Waals surface area (Å²) in [7, 11) is -3.26. The average Bonchev–Trinajstić information content (AvgIpc) is 4.03. The molecule has 0 radical (unpaired) electrons. The smallest absolute Gasteiger partial charge is 0.145 e. The Labute approximate surface area is 463 Å². The van der Waals surface area contributed by atoms with Gasteiger partial charge in [0.2, 0.25) is 0 Å². The van der Waals surface area contributed by atoms with Crippen LogP contribution in [0.25, 0.3) is 44.0 Å². The van der Waals surface area contributed by atoms with Gasteiger partial charge in [0.1, 0.15) is 11.2 Å². The molecule has 1 aliphatic rings. The van der Waals surface area contributed by atoms with Crippen LogP contribution in [0.2, 0.25) is 39.3 Å². The van der Waals surface area contributed by atoms with Crippen molar-refractivity contribution < 1.29 is 4.42 Å². The van der Waals surface area contributed by atoms with Gasteiger partial charge in [0.15, 0.2) is 0 Å². The lowest BCUT2D eigenvalue weighted by atomic mass is 9.67. The van der Waals surface area contributed by atoms with Crippen LogP contribution in [-0.4, -0.2) is 26.1 Å². The molecule has 0 saturated heterocycles. The lowest BCUT2D eigenvalue weighted by molar-refractivity contribution is 0.590. The summed E-state index contributed by atoms with van der Waals surface area (Å²) >= 11 is 0. The number of furan rings is 1. The van der Waals surface area contributed by atoms with Gasteiger partial charge in [-0.15, -0.1) is 0 Å². The molecule has 0 amide bonds. The van der Waals surface area contributed by atoms with Crippen LogP contribution in [0.5, 0.6) is 0 Å². The summed E-state index contributed by atoms with van der Waals surface area (Å²) in [6.45, 7) is 28.2. The van der Waals surface area contributed by atoms with Crippen molar-refractivity contribution in [2.45, 2.75) is 97.1 Å². The van der Waals surface area contributed by atoms with Crippen LogP contribution in [0.3, 0.4) is 0 Å².